The molecule has 2 aromatic rings. The second-order valence-corrected chi connectivity index (χ2v) is 14.4. The number of nitrogens with one attached hydrogen (secondary N) is 2. The zero-order chi connectivity index (χ0) is 32.7. The Morgan fingerprint density at radius 1 is 1.23 bits per heavy atom. The maximum atomic E-state index is 12.5. The van der Waals surface area contributed by atoms with Crippen molar-refractivity contribution < 1.29 is 29.8 Å². The molecule has 7 rings (SSSR count). The average Bonchev–Trinajstić information content (AvgIpc) is 3.77. The lowest BCUT2D eigenvalue weighted by molar-refractivity contribution is -0.851. The smallest absolute Gasteiger partial charge is 0.227 e. The topological polar surface area (TPSA) is 142 Å². The third-order valence-corrected chi connectivity index (χ3v) is 11.3. The molecule has 5 aliphatic rings. The predicted molar refractivity (Wildman–Crippen MR) is 180 cm³/mol. The first-order chi connectivity index (χ1) is 22.8. The number of benzene rings is 2. The number of hydrogen-bond donors (Lipinski definition) is 6. The number of allylic oxidation sites excluding steroid dienone is 1. The summed E-state index contributed by atoms with van der Waals surface area (Å²) >= 11 is 0. The Balaban J connectivity index is 1.02. The molecule has 0 amide bonds. The molecule has 2 aliphatic carbocycles. The van der Waals surface area contributed by atoms with Gasteiger partial charge in [-0.15, -0.1) is 0 Å². The SMILES string of the molecule is CCC[C@H](O)C[C@@H](O)CC(=O)CCc1ccc(O)c(OC[NH+]2C=C3C([C@]45CCC[C@H]4C[C@H]4CN[C@@H](N)c6cccc5c64)=CN=C3C2)c1. The van der Waals surface area contributed by atoms with Gasteiger partial charge >= 0.3 is 0 Å². The van der Waals surface area contributed by atoms with Crippen LogP contribution in [0.15, 0.2) is 64.9 Å². The fourth-order valence-corrected chi connectivity index (χ4v) is 9.13. The second-order valence-electron chi connectivity index (χ2n) is 14.4. The normalized spacial score (nSPS) is 28.5. The summed E-state index contributed by atoms with van der Waals surface area (Å²) in [6.07, 6.45) is 10.1. The molecule has 3 aliphatic heterocycles. The van der Waals surface area contributed by atoms with Crippen LogP contribution >= 0.6 is 0 Å². The van der Waals surface area contributed by atoms with Gasteiger partial charge in [0.1, 0.15) is 24.2 Å². The van der Waals surface area contributed by atoms with Crippen LogP contribution in [0.4, 0.5) is 0 Å². The van der Waals surface area contributed by atoms with Gasteiger partial charge in [0, 0.05) is 31.0 Å². The maximum Gasteiger partial charge on any atom is 0.227 e. The molecule has 9 heteroatoms. The number of aliphatic imine (C=N–C) groups is 1. The molecule has 7 N–H and O–H groups in total. The minimum atomic E-state index is -0.831. The number of Topliss-reactive ketones (excluding diaryl/α,β-unsaturated/α-hetero) is 1. The Morgan fingerprint density at radius 3 is 2.96 bits per heavy atom. The highest BCUT2D eigenvalue weighted by Gasteiger charge is 2.55. The molecule has 7 atom stereocenters. The highest BCUT2D eigenvalue weighted by Crippen LogP contribution is 2.61. The van der Waals surface area contributed by atoms with Crippen molar-refractivity contribution in [3.63, 3.8) is 0 Å². The molecule has 0 radical (unpaired) electrons. The van der Waals surface area contributed by atoms with E-state index in [0.29, 0.717) is 37.2 Å². The first-order valence-electron chi connectivity index (χ1n) is 17.6. The zero-order valence-corrected chi connectivity index (χ0v) is 27.4. The number of aromatic hydroxyl groups is 1. The molecule has 3 heterocycles. The third kappa shape index (κ3) is 6.08. The van der Waals surface area contributed by atoms with Crippen LogP contribution in [0, 0.1) is 5.92 Å². The van der Waals surface area contributed by atoms with Gasteiger partial charge in [-0.25, -0.2) is 0 Å². The number of rotatable bonds is 13. The van der Waals surface area contributed by atoms with Crippen molar-refractivity contribution in [3.05, 3.63) is 82.2 Å². The molecule has 9 nitrogen and oxygen atoms in total. The molecule has 0 aromatic heterocycles. The zero-order valence-electron chi connectivity index (χ0n) is 27.4. The van der Waals surface area contributed by atoms with Gasteiger partial charge in [-0.2, -0.15) is 0 Å². The molecule has 250 valence electrons. The van der Waals surface area contributed by atoms with E-state index in [9.17, 15) is 20.1 Å². The van der Waals surface area contributed by atoms with Gasteiger partial charge in [-0.05, 0) is 90.3 Å². The average molecular weight is 642 g/mol. The molecular formula is C38H49N4O5+. The number of aliphatic hydroxyl groups is 2. The Bertz CT molecular complexity index is 1620. The summed E-state index contributed by atoms with van der Waals surface area (Å²) in [6, 6.07) is 12.0. The molecule has 2 aromatic carbocycles. The van der Waals surface area contributed by atoms with Gasteiger partial charge in [0.15, 0.2) is 11.5 Å². The molecule has 1 unspecified atom stereocenters. The second kappa shape index (κ2) is 13.3. The highest BCUT2D eigenvalue weighted by atomic mass is 16.5. The quantitative estimate of drug-likeness (QED) is 0.197. The van der Waals surface area contributed by atoms with Gasteiger partial charge in [0.25, 0.3) is 0 Å². The van der Waals surface area contributed by atoms with Gasteiger partial charge in [0.05, 0.1) is 23.9 Å². The number of nitrogens with two attached hydrogens (primary N) is 1. The van der Waals surface area contributed by atoms with E-state index >= 15 is 0 Å². The van der Waals surface area contributed by atoms with E-state index in [0.717, 1.165) is 42.1 Å². The van der Waals surface area contributed by atoms with Gasteiger partial charge < -0.3 is 25.8 Å². The molecular weight excluding hydrogens is 592 g/mol. The number of carbonyl (C=O) groups excluding carboxylic acids is 1. The Hall–Kier alpha value is -3.34. The van der Waals surface area contributed by atoms with Crippen molar-refractivity contribution in [2.24, 2.45) is 16.6 Å². The summed E-state index contributed by atoms with van der Waals surface area (Å²) in [7, 11) is 0. The fourth-order valence-electron chi connectivity index (χ4n) is 9.13. The van der Waals surface area contributed by atoms with Gasteiger partial charge in [-0.1, -0.05) is 44.0 Å². The monoisotopic (exact) mass is 641 g/mol. The van der Waals surface area contributed by atoms with Gasteiger partial charge in [-0.3, -0.25) is 20.0 Å². The first kappa shape index (κ1) is 32.2. The lowest BCUT2D eigenvalue weighted by Crippen LogP contribution is -3.07. The minimum Gasteiger partial charge on any atom is -0.504 e. The molecule has 0 bridgehead atoms. The number of phenolic OH excluding ortho intramolecular Hbond substituents is 1. The summed E-state index contributed by atoms with van der Waals surface area (Å²) in [4.78, 5) is 18.6. The van der Waals surface area contributed by atoms with Crippen LogP contribution in [0.25, 0.3) is 0 Å². The number of ketones is 1. The van der Waals surface area contributed by atoms with Crippen LogP contribution in [0.5, 0.6) is 11.5 Å². The molecule has 0 saturated heterocycles. The third-order valence-electron chi connectivity index (χ3n) is 11.3. The van der Waals surface area contributed by atoms with E-state index in [-0.39, 0.29) is 42.4 Å². The van der Waals surface area contributed by atoms with E-state index in [2.05, 4.69) is 35.9 Å². The lowest BCUT2D eigenvalue weighted by Gasteiger charge is -2.48. The van der Waals surface area contributed by atoms with E-state index in [1.807, 2.05) is 6.92 Å². The number of ether oxygens (including phenoxy) is 1. The summed E-state index contributed by atoms with van der Waals surface area (Å²) in [6.45, 7) is 3.99. The number of hydrogen-bond acceptors (Lipinski definition) is 8. The van der Waals surface area contributed by atoms with Crippen molar-refractivity contribution in [2.75, 3.05) is 19.8 Å². The van der Waals surface area contributed by atoms with E-state index in [4.69, 9.17) is 15.5 Å². The van der Waals surface area contributed by atoms with E-state index in [1.54, 1.807) is 18.2 Å². The lowest BCUT2D eigenvalue weighted by atomic mass is 9.56. The first-order valence-corrected chi connectivity index (χ1v) is 17.6. The van der Waals surface area contributed by atoms with Crippen molar-refractivity contribution >= 4 is 11.5 Å². The highest BCUT2D eigenvalue weighted by molar-refractivity contribution is 6.08. The van der Waals surface area contributed by atoms with Crippen molar-refractivity contribution in [1.82, 2.24) is 5.32 Å². The van der Waals surface area contributed by atoms with Crippen LogP contribution in [-0.4, -0.2) is 58.8 Å². The molecule has 0 spiro atoms. The van der Waals surface area contributed by atoms with E-state index < -0.39 is 12.2 Å². The standard InChI is InChI=1S/C38H48N4O5/c1-2-5-26(43)16-28(45)17-27(44)11-9-23-10-12-34(46)35(14-23)47-22-42-20-30-32(19-40-33(30)21-42)38-13-4-6-25(38)15-24-18-41-37(39)29-7-3-8-31(38)36(24)29/h3,7-8,10,12,14,19-20,24-26,28,37,41,43,45-46H,2,4-6,9,11,13,15-18,21-22,39H2,1H3/p+1/t24-,25-,26-,28+,37+,38+/m0/s1. The molecule has 47 heavy (non-hydrogen) atoms. The van der Waals surface area contributed by atoms with Crippen LogP contribution in [-0.2, 0) is 16.6 Å². The van der Waals surface area contributed by atoms with Crippen LogP contribution < -0.4 is 20.7 Å². The fraction of sp³-hybridized carbons (Fsp3) is 0.526. The predicted octanol–water partition coefficient (Wildman–Crippen LogP) is 3.44. The van der Waals surface area contributed by atoms with Crippen LogP contribution in [0.3, 0.4) is 0 Å². The molecule has 1 saturated carbocycles. The van der Waals surface area contributed by atoms with Gasteiger partial charge in [0.2, 0.25) is 6.73 Å². The number of phenols is 1. The van der Waals surface area contributed by atoms with Crippen LogP contribution in [0.2, 0.25) is 0 Å². The Kier molecular flexibility index (Phi) is 9.11. The van der Waals surface area contributed by atoms with Crippen molar-refractivity contribution in [2.45, 2.75) is 101 Å². The number of quaternary nitrogens is 1. The minimum absolute atomic E-state index is 0.0373. The Morgan fingerprint density at radius 2 is 2.11 bits per heavy atom. The van der Waals surface area contributed by atoms with E-state index in [1.165, 1.54) is 47.1 Å². The van der Waals surface area contributed by atoms with Crippen LogP contribution in [0.1, 0.15) is 99.0 Å². The summed E-state index contributed by atoms with van der Waals surface area (Å²) in [5.41, 5.74) is 15.3. The number of aryl methyl sites for hydroxylation is 1. The summed E-state index contributed by atoms with van der Waals surface area (Å²) in [5, 5.41) is 34.2. The Labute approximate surface area is 277 Å². The number of aliphatic hydroxyl groups excluding tert-OH is 2. The number of nitrogens with zero attached hydrogens (tertiary/aromatic N) is 1. The van der Waals surface area contributed by atoms with Crippen molar-refractivity contribution in [1.29, 1.82) is 0 Å². The van der Waals surface area contributed by atoms with Crippen molar-refractivity contribution in [3.8, 4) is 11.5 Å². The largest absolute Gasteiger partial charge is 0.504 e. The number of fused-ring (bicyclic) bond motifs is 3. The summed E-state index contributed by atoms with van der Waals surface area (Å²) in [5.74, 6) is 1.50. The maximum absolute atomic E-state index is 12.5. The number of carbonyl (C=O) groups is 1. The molecule has 1 fully saturated rings. The summed E-state index contributed by atoms with van der Waals surface area (Å²) < 4.78 is 6.17.